The van der Waals surface area contributed by atoms with Crippen molar-refractivity contribution in [3.8, 4) is 11.8 Å². The first-order chi connectivity index (χ1) is 7.33. The summed E-state index contributed by atoms with van der Waals surface area (Å²) in [7, 11) is 0. The van der Waals surface area contributed by atoms with Gasteiger partial charge in [-0.1, -0.05) is 27.7 Å². The molecule has 1 heteroatoms. The fourth-order valence-corrected chi connectivity index (χ4v) is 1.71. The Morgan fingerprint density at radius 3 is 2.27 bits per heavy atom. The lowest BCUT2D eigenvalue weighted by molar-refractivity contribution is 0.196. The molecule has 1 nitrogen and oxygen atoms in total. The van der Waals surface area contributed by atoms with Crippen LogP contribution in [-0.2, 0) is 0 Å². The highest BCUT2D eigenvalue weighted by molar-refractivity contribution is 4.98. The summed E-state index contributed by atoms with van der Waals surface area (Å²) in [6.07, 6.45) is 4.81. The molecule has 1 aliphatic heterocycles. The third-order valence-corrected chi connectivity index (χ3v) is 2.73. The molecule has 0 radical (unpaired) electrons. The van der Waals surface area contributed by atoms with Crippen molar-refractivity contribution in [3.63, 3.8) is 0 Å². The maximum Gasteiger partial charge on any atom is 0.0217 e. The second-order valence-electron chi connectivity index (χ2n) is 3.98. The lowest BCUT2D eigenvalue weighted by atomic mass is 9.99. The summed E-state index contributed by atoms with van der Waals surface area (Å²) < 4.78 is 0. The number of nitrogens with zero attached hydrogens (tertiary/aromatic N) is 1. The van der Waals surface area contributed by atoms with E-state index in [-0.39, 0.29) is 0 Å². The molecule has 0 saturated carbocycles. The summed E-state index contributed by atoms with van der Waals surface area (Å²) in [6.45, 7) is 12.2. The van der Waals surface area contributed by atoms with Crippen LogP contribution < -0.4 is 0 Å². The molecule has 0 aromatic rings. The Hall–Kier alpha value is -0.480. The lowest BCUT2D eigenvalue weighted by Gasteiger charge is -2.29. The molecule has 0 aliphatic carbocycles. The van der Waals surface area contributed by atoms with Crippen LogP contribution in [-0.4, -0.2) is 24.5 Å². The first-order valence-corrected chi connectivity index (χ1v) is 6.51. The Bertz CT molecular complexity index is 179. The van der Waals surface area contributed by atoms with E-state index >= 15 is 0 Å². The van der Waals surface area contributed by atoms with Gasteiger partial charge in [-0.3, -0.25) is 0 Å². The van der Waals surface area contributed by atoms with Crippen molar-refractivity contribution >= 4 is 0 Å². The Kier molecular flexibility index (Phi) is 9.73. The molecule has 15 heavy (non-hydrogen) atoms. The van der Waals surface area contributed by atoms with Crippen LogP contribution in [0.25, 0.3) is 0 Å². The summed E-state index contributed by atoms with van der Waals surface area (Å²) in [4.78, 5) is 2.55. The minimum Gasteiger partial charge on any atom is -0.302 e. The Morgan fingerprint density at radius 1 is 1.13 bits per heavy atom. The van der Waals surface area contributed by atoms with Gasteiger partial charge in [0.15, 0.2) is 0 Å². The second kappa shape index (κ2) is 10.1. The van der Waals surface area contributed by atoms with Gasteiger partial charge in [0.05, 0.1) is 0 Å². The smallest absolute Gasteiger partial charge is 0.0217 e. The van der Waals surface area contributed by atoms with Crippen LogP contribution in [0.5, 0.6) is 0 Å². The predicted octanol–water partition coefficient (Wildman–Crippen LogP) is 3.55. The molecule has 0 amide bonds. The number of hydrogen-bond donors (Lipinski definition) is 0. The molecule has 0 unspecified atom stereocenters. The van der Waals surface area contributed by atoms with Gasteiger partial charge in [-0.2, -0.15) is 0 Å². The molecule has 1 aliphatic rings. The van der Waals surface area contributed by atoms with Crippen molar-refractivity contribution in [2.75, 3.05) is 19.6 Å². The van der Waals surface area contributed by atoms with Crippen LogP contribution in [0.3, 0.4) is 0 Å². The van der Waals surface area contributed by atoms with Gasteiger partial charge in [-0.15, -0.1) is 11.8 Å². The fraction of sp³-hybridized carbons (Fsp3) is 0.857. The van der Waals surface area contributed by atoms with E-state index in [1.165, 1.54) is 32.5 Å². The molecule has 1 rings (SSSR count). The fourth-order valence-electron chi connectivity index (χ4n) is 1.71. The van der Waals surface area contributed by atoms with Crippen LogP contribution in [0.15, 0.2) is 0 Å². The van der Waals surface area contributed by atoms with E-state index in [0.29, 0.717) is 0 Å². The topological polar surface area (TPSA) is 3.24 Å². The van der Waals surface area contributed by atoms with Gasteiger partial charge in [0.25, 0.3) is 0 Å². The second-order valence-corrected chi connectivity index (χ2v) is 3.98. The zero-order valence-electron chi connectivity index (χ0n) is 11.0. The summed E-state index contributed by atoms with van der Waals surface area (Å²) in [6, 6.07) is 0. The highest BCUT2D eigenvalue weighted by Crippen LogP contribution is 2.15. The SMILES string of the molecule is CC.CCC#CCCN1CCC(C)CC1. The lowest BCUT2D eigenvalue weighted by Crippen LogP contribution is -2.33. The summed E-state index contributed by atoms with van der Waals surface area (Å²) in [5.74, 6) is 7.26. The molecule has 1 saturated heterocycles. The average Bonchev–Trinajstić information content (AvgIpc) is 2.30. The van der Waals surface area contributed by atoms with Crippen molar-refractivity contribution < 1.29 is 0 Å². The Labute approximate surface area is 96.2 Å². The first kappa shape index (κ1) is 14.5. The zero-order valence-corrected chi connectivity index (χ0v) is 11.0. The van der Waals surface area contributed by atoms with Gasteiger partial charge in [-0.25, -0.2) is 0 Å². The largest absolute Gasteiger partial charge is 0.302 e. The summed E-state index contributed by atoms with van der Waals surface area (Å²) >= 11 is 0. The van der Waals surface area contributed by atoms with Crippen molar-refractivity contribution in [3.05, 3.63) is 0 Å². The minimum atomic E-state index is 0.943. The van der Waals surface area contributed by atoms with Crippen molar-refractivity contribution in [1.82, 2.24) is 4.90 Å². The molecule has 0 aromatic carbocycles. The predicted molar refractivity (Wildman–Crippen MR) is 68.9 cm³/mol. The summed E-state index contributed by atoms with van der Waals surface area (Å²) in [5.41, 5.74) is 0. The first-order valence-electron chi connectivity index (χ1n) is 6.51. The third kappa shape index (κ3) is 7.45. The molecule has 0 spiro atoms. The van der Waals surface area contributed by atoms with Gasteiger partial charge >= 0.3 is 0 Å². The van der Waals surface area contributed by atoms with Crippen LogP contribution in [0.2, 0.25) is 0 Å². The maximum atomic E-state index is 3.20. The molecule has 0 aromatic heterocycles. The molecule has 88 valence electrons. The molecule has 1 heterocycles. The number of piperidine rings is 1. The summed E-state index contributed by atoms with van der Waals surface area (Å²) in [5, 5.41) is 0. The van der Waals surface area contributed by atoms with Gasteiger partial charge in [0.2, 0.25) is 0 Å². The zero-order chi connectivity index (χ0) is 11.5. The van der Waals surface area contributed by atoms with Crippen LogP contribution >= 0.6 is 0 Å². The van der Waals surface area contributed by atoms with Crippen LogP contribution in [0.1, 0.15) is 53.4 Å². The van der Waals surface area contributed by atoms with Gasteiger partial charge in [0, 0.05) is 19.4 Å². The van der Waals surface area contributed by atoms with E-state index in [4.69, 9.17) is 0 Å². The number of likely N-dealkylation sites (tertiary alicyclic amines) is 1. The maximum absolute atomic E-state index is 3.20. The van der Waals surface area contributed by atoms with Crippen molar-refractivity contribution in [1.29, 1.82) is 0 Å². The average molecular weight is 209 g/mol. The van der Waals surface area contributed by atoms with Crippen LogP contribution in [0.4, 0.5) is 0 Å². The highest BCUT2D eigenvalue weighted by Gasteiger charge is 2.14. The number of rotatable bonds is 2. The molecule has 0 atom stereocenters. The highest BCUT2D eigenvalue weighted by atomic mass is 15.1. The van der Waals surface area contributed by atoms with E-state index in [2.05, 4.69) is 30.6 Å². The van der Waals surface area contributed by atoms with E-state index < -0.39 is 0 Å². The Balaban J connectivity index is 0.000000921. The van der Waals surface area contributed by atoms with Crippen molar-refractivity contribution in [2.24, 2.45) is 5.92 Å². The number of hydrogen-bond acceptors (Lipinski definition) is 1. The van der Waals surface area contributed by atoms with E-state index in [1.54, 1.807) is 0 Å². The van der Waals surface area contributed by atoms with Crippen LogP contribution in [0, 0.1) is 17.8 Å². The Morgan fingerprint density at radius 2 is 1.73 bits per heavy atom. The van der Waals surface area contributed by atoms with Gasteiger partial charge in [-0.05, 0) is 31.8 Å². The van der Waals surface area contributed by atoms with E-state index in [1.807, 2.05) is 13.8 Å². The van der Waals surface area contributed by atoms with Crippen molar-refractivity contribution in [2.45, 2.75) is 53.4 Å². The molecular formula is C14H27N. The normalized spacial score (nSPS) is 17.3. The molecule has 0 N–H and O–H groups in total. The molecule has 0 bridgehead atoms. The van der Waals surface area contributed by atoms with E-state index in [0.717, 1.165) is 18.8 Å². The van der Waals surface area contributed by atoms with Gasteiger partial charge in [0.1, 0.15) is 0 Å². The molecular weight excluding hydrogens is 182 g/mol. The standard InChI is InChI=1S/C12H21N.C2H6/c1-3-4-5-6-9-13-10-7-12(2)8-11-13;1-2/h12H,3,6-11H2,1-2H3;1-2H3. The quantitative estimate of drug-likeness (QED) is 0.629. The van der Waals surface area contributed by atoms with E-state index in [9.17, 15) is 0 Å². The minimum absolute atomic E-state index is 0.943. The monoisotopic (exact) mass is 209 g/mol. The molecule has 1 fully saturated rings. The van der Waals surface area contributed by atoms with Gasteiger partial charge < -0.3 is 4.90 Å². The third-order valence-electron chi connectivity index (χ3n) is 2.73.